The molecular weight excluding hydrogens is 329 g/mol. The largest absolute Gasteiger partial charge is 0.423 e. The quantitative estimate of drug-likeness (QED) is 0.508. The highest BCUT2D eigenvalue weighted by molar-refractivity contribution is 7.80. The van der Waals surface area contributed by atoms with Crippen molar-refractivity contribution in [2.24, 2.45) is 5.73 Å². The number of benzene rings is 2. The number of hydrogen-bond donors (Lipinski definition) is 2. The number of para-hydroxylation sites is 1. The van der Waals surface area contributed by atoms with Crippen LogP contribution in [0.15, 0.2) is 48.5 Å². The van der Waals surface area contributed by atoms with Crippen LogP contribution in [0.1, 0.15) is 15.9 Å². The smallest absolute Gasteiger partial charge is 0.416 e. The number of nitrogens with two attached hydrogens (primary N) is 1. The molecule has 0 heterocycles. The zero-order valence-corrected chi connectivity index (χ0v) is 12.4. The van der Waals surface area contributed by atoms with Crippen LogP contribution in [0.5, 0.6) is 5.75 Å². The lowest BCUT2D eigenvalue weighted by atomic mass is 10.1. The lowest BCUT2D eigenvalue weighted by Gasteiger charge is -2.11. The molecule has 2 rings (SSSR count). The van der Waals surface area contributed by atoms with Crippen LogP contribution in [-0.4, -0.2) is 11.1 Å². The van der Waals surface area contributed by atoms with Crippen LogP contribution in [-0.2, 0) is 6.18 Å². The Hall–Kier alpha value is -2.61. The van der Waals surface area contributed by atoms with Gasteiger partial charge in [-0.05, 0) is 48.6 Å². The Labute approximate surface area is 135 Å². The van der Waals surface area contributed by atoms with Gasteiger partial charge in [-0.1, -0.05) is 12.1 Å². The van der Waals surface area contributed by atoms with Gasteiger partial charge in [0.25, 0.3) is 0 Å². The van der Waals surface area contributed by atoms with Crippen LogP contribution < -0.4 is 15.8 Å². The minimum atomic E-state index is -4.45. The molecule has 0 saturated carbocycles. The number of nitrogens with one attached hydrogen (secondary N) is 1. The Morgan fingerprint density at radius 1 is 1.09 bits per heavy atom. The van der Waals surface area contributed by atoms with Gasteiger partial charge in [0.2, 0.25) is 0 Å². The van der Waals surface area contributed by atoms with Crippen LogP contribution in [0.2, 0.25) is 0 Å². The van der Waals surface area contributed by atoms with E-state index in [1.54, 1.807) is 18.2 Å². The second-order valence-electron chi connectivity index (χ2n) is 4.45. The molecule has 0 bridgehead atoms. The average Bonchev–Trinajstić information content (AvgIpc) is 2.46. The number of carbonyl (C=O) groups excluding carboxylic acids is 1. The minimum absolute atomic E-state index is 0.00636. The fraction of sp³-hybridized carbons (Fsp3) is 0.0667. The van der Waals surface area contributed by atoms with E-state index < -0.39 is 17.7 Å². The summed E-state index contributed by atoms with van der Waals surface area (Å²) in [5.74, 6) is -0.753. The number of rotatable bonds is 3. The topological polar surface area (TPSA) is 64.3 Å². The molecule has 23 heavy (non-hydrogen) atoms. The predicted octanol–water partition coefficient (Wildman–Crippen LogP) is 3.58. The van der Waals surface area contributed by atoms with Crippen LogP contribution in [0.3, 0.4) is 0 Å². The van der Waals surface area contributed by atoms with Gasteiger partial charge in [-0.3, -0.25) is 0 Å². The first-order chi connectivity index (χ1) is 10.8. The molecule has 0 aliphatic carbocycles. The summed E-state index contributed by atoms with van der Waals surface area (Å²) in [6, 6.07) is 10.1. The van der Waals surface area contributed by atoms with Gasteiger partial charge < -0.3 is 15.8 Å². The molecule has 0 atom stereocenters. The number of esters is 1. The van der Waals surface area contributed by atoms with Crippen LogP contribution >= 0.6 is 12.2 Å². The van der Waals surface area contributed by atoms with Crippen molar-refractivity contribution in [2.45, 2.75) is 6.18 Å². The zero-order chi connectivity index (χ0) is 17.0. The van der Waals surface area contributed by atoms with E-state index in [1.165, 1.54) is 6.07 Å². The highest BCUT2D eigenvalue weighted by atomic mass is 32.1. The Morgan fingerprint density at radius 3 is 2.26 bits per heavy atom. The molecule has 0 aromatic heterocycles. The summed E-state index contributed by atoms with van der Waals surface area (Å²) in [4.78, 5) is 12.1. The fourth-order valence-electron chi connectivity index (χ4n) is 1.78. The SMILES string of the molecule is NC(=S)Nc1ccccc1C(=O)Oc1ccc(C(F)(F)F)cc1. The first-order valence-corrected chi connectivity index (χ1v) is 6.73. The Balaban J connectivity index is 2.18. The minimum Gasteiger partial charge on any atom is -0.423 e. The normalized spacial score (nSPS) is 10.9. The first-order valence-electron chi connectivity index (χ1n) is 6.32. The maximum absolute atomic E-state index is 12.5. The second kappa shape index (κ2) is 6.66. The Kier molecular flexibility index (Phi) is 4.85. The molecule has 120 valence electrons. The van der Waals surface area contributed by atoms with Crippen molar-refractivity contribution < 1.29 is 22.7 Å². The molecular formula is C15H11F3N2O2S. The van der Waals surface area contributed by atoms with E-state index in [9.17, 15) is 18.0 Å². The van der Waals surface area contributed by atoms with Gasteiger partial charge in [0.15, 0.2) is 5.11 Å². The molecule has 0 aliphatic heterocycles. The highest BCUT2D eigenvalue weighted by Gasteiger charge is 2.30. The van der Waals surface area contributed by atoms with E-state index in [4.69, 9.17) is 22.7 Å². The van der Waals surface area contributed by atoms with Gasteiger partial charge in [-0.15, -0.1) is 0 Å². The third kappa shape index (κ3) is 4.43. The standard InChI is InChI=1S/C15H11F3N2O2S/c16-15(17,18)9-5-7-10(8-6-9)22-13(21)11-3-1-2-4-12(11)20-14(19)23/h1-8H,(H3,19,20,23). The Morgan fingerprint density at radius 2 is 1.70 bits per heavy atom. The third-order valence-electron chi connectivity index (χ3n) is 2.80. The maximum atomic E-state index is 12.5. The highest BCUT2D eigenvalue weighted by Crippen LogP contribution is 2.30. The molecule has 0 radical (unpaired) electrons. The maximum Gasteiger partial charge on any atom is 0.416 e. The van der Waals surface area contributed by atoms with Gasteiger partial charge >= 0.3 is 12.1 Å². The molecule has 2 aromatic rings. The Bertz CT molecular complexity index is 730. The van der Waals surface area contributed by atoms with Crippen LogP contribution in [0, 0.1) is 0 Å². The number of halogens is 3. The monoisotopic (exact) mass is 340 g/mol. The summed E-state index contributed by atoms with van der Waals surface area (Å²) in [5.41, 5.74) is 5.04. The van der Waals surface area contributed by atoms with Crippen molar-refractivity contribution in [3.05, 3.63) is 59.7 Å². The molecule has 0 spiro atoms. The van der Waals surface area contributed by atoms with Crippen LogP contribution in [0.4, 0.5) is 18.9 Å². The summed E-state index contributed by atoms with van der Waals surface area (Å²) >= 11 is 4.71. The molecule has 0 unspecified atom stereocenters. The molecule has 0 saturated heterocycles. The molecule has 3 N–H and O–H groups in total. The molecule has 2 aromatic carbocycles. The van der Waals surface area contributed by atoms with Gasteiger partial charge in [0.05, 0.1) is 16.8 Å². The number of hydrogen-bond acceptors (Lipinski definition) is 3. The van der Waals surface area contributed by atoms with Crippen molar-refractivity contribution in [3.63, 3.8) is 0 Å². The van der Waals surface area contributed by atoms with E-state index in [-0.39, 0.29) is 16.4 Å². The van der Waals surface area contributed by atoms with E-state index in [0.717, 1.165) is 24.3 Å². The summed E-state index contributed by atoms with van der Waals surface area (Å²) in [5, 5.41) is 2.60. The third-order valence-corrected chi connectivity index (χ3v) is 2.90. The molecule has 4 nitrogen and oxygen atoms in total. The summed E-state index contributed by atoms with van der Waals surface area (Å²) < 4.78 is 42.5. The van der Waals surface area contributed by atoms with Gasteiger partial charge in [0.1, 0.15) is 5.75 Å². The number of alkyl halides is 3. The second-order valence-corrected chi connectivity index (χ2v) is 4.89. The lowest BCUT2D eigenvalue weighted by Crippen LogP contribution is -2.21. The first kappa shape index (κ1) is 16.8. The van der Waals surface area contributed by atoms with Crippen molar-refractivity contribution in [2.75, 3.05) is 5.32 Å². The number of carbonyl (C=O) groups is 1. The van der Waals surface area contributed by atoms with E-state index in [0.29, 0.717) is 5.69 Å². The lowest BCUT2D eigenvalue weighted by molar-refractivity contribution is -0.137. The number of thiocarbonyl (C=S) groups is 1. The van der Waals surface area contributed by atoms with Crippen molar-refractivity contribution in [3.8, 4) is 5.75 Å². The predicted molar refractivity (Wildman–Crippen MR) is 83.3 cm³/mol. The van der Waals surface area contributed by atoms with Crippen LogP contribution in [0.25, 0.3) is 0 Å². The van der Waals surface area contributed by atoms with Crippen molar-refractivity contribution in [1.29, 1.82) is 0 Å². The summed E-state index contributed by atoms with van der Waals surface area (Å²) in [6.45, 7) is 0. The number of anilines is 1. The van der Waals surface area contributed by atoms with E-state index in [1.807, 2.05) is 0 Å². The van der Waals surface area contributed by atoms with Gasteiger partial charge in [-0.2, -0.15) is 13.2 Å². The summed E-state index contributed by atoms with van der Waals surface area (Å²) in [7, 11) is 0. The molecule has 0 fully saturated rings. The summed E-state index contributed by atoms with van der Waals surface area (Å²) in [6.07, 6.45) is -4.45. The fourth-order valence-corrected chi connectivity index (χ4v) is 1.89. The zero-order valence-electron chi connectivity index (χ0n) is 11.6. The van der Waals surface area contributed by atoms with Gasteiger partial charge in [-0.25, -0.2) is 4.79 Å². The molecule has 8 heteroatoms. The van der Waals surface area contributed by atoms with E-state index >= 15 is 0 Å². The molecule has 0 aliphatic rings. The average molecular weight is 340 g/mol. The number of ether oxygens (including phenoxy) is 1. The van der Waals surface area contributed by atoms with Crippen molar-refractivity contribution in [1.82, 2.24) is 0 Å². The van der Waals surface area contributed by atoms with Crippen molar-refractivity contribution >= 4 is 29.0 Å². The van der Waals surface area contributed by atoms with E-state index in [2.05, 4.69) is 5.32 Å². The van der Waals surface area contributed by atoms with Gasteiger partial charge in [0, 0.05) is 0 Å². The molecule has 0 amide bonds.